The first-order valence-electron chi connectivity index (χ1n) is 13.3. The lowest BCUT2D eigenvalue weighted by Crippen LogP contribution is -2.39. The summed E-state index contributed by atoms with van der Waals surface area (Å²) in [6, 6.07) is -0.535. The number of nitrogens with one attached hydrogen (secondary N) is 1. The van der Waals surface area contributed by atoms with Crippen LogP contribution < -0.4 is 10.5 Å². The van der Waals surface area contributed by atoms with Gasteiger partial charge >= 0.3 is 6.18 Å². The monoisotopic (exact) mass is 538 g/mol. The predicted octanol–water partition coefficient (Wildman–Crippen LogP) is 5.51. The molecule has 1 N–H and O–H groups in total. The van der Waals surface area contributed by atoms with Crippen LogP contribution in [-0.4, -0.2) is 59.9 Å². The van der Waals surface area contributed by atoms with Crippen LogP contribution in [0.25, 0.3) is 0 Å². The van der Waals surface area contributed by atoms with Gasteiger partial charge in [0.05, 0.1) is 37.6 Å². The van der Waals surface area contributed by atoms with Gasteiger partial charge in [-0.05, 0) is 36.3 Å². The molecule has 0 radical (unpaired) electrons. The highest BCUT2D eigenvalue weighted by molar-refractivity contribution is 5.76. The molecule has 0 aromatic carbocycles. The van der Waals surface area contributed by atoms with Crippen molar-refractivity contribution in [1.29, 1.82) is 0 Å². The lowest BCUT2D eigenvalue weighted by Gasteiger charge is -2.30. The van der Waals surface area contributed by atoms with E-state index in [9.17, 15) is 22.8 Å². The number of rotatable bonds is 15. The Labute approximate surface area is 223 Å². The van der Waals surface area contributed by atoms with Gasteiger partial charge in [0, 0.05) is 19.6 Å². The second-order valence-corrected chi connectivity index (χ2v) is 9.88. The first-order valence-corrected chi connectivity index (χ1v) is 13.3. The maximum atomic E-state index is 13.9. The van der Waals surface area contributed by atoms with Gasteiger partial charge in [0.15, 0.2) is 0 Å². The van der Waals surface area contributed by atoms with Crippen molar-refractivity contribution in [2.75, 3.05) is 37.7 Å². The summed E-state index contributed by atoms with van der Waals surface area (Å²) in [5.41, 5.74) is -1.06. The van der Waals surface area contributed by atoms with E-state index in [2.05, 4.69) is 25.5 Å². The molecule has 10 heteroatoms. The van der Waals surface area contributed by atoms with Gasteiger partial charge in [-0.1, -0.05) is 58.9 Å². The Morgan fingerprint density at radius 3 is 2.66 bits per heavy atom. The maximum Gasteiger partial charge on any atom is 0.423 e. The smallest absolute Gasteiger partial charge is 0.378 e. The summed E-state index contributed by atoms with van der Waals surface area (Å²) in [5.74, 6) is 0.494. The second kappa shape index (κ2) is 14.9. The molecule has 0 spiro atoms. The van der Waals surface area contributed by atoms with E-state index in [1.807, 2.05) is 29.9 Å². The van der Waals surface area contributed by atoms with E-state index < -0.39 is 23.3 Å². The highest BCUT2D eigenvalue weighted by atomic mass is 19.4. The molecule has 1 aliphatic rings. The third kappa shape index (κ3) is 8.58. The zero-order chi connectivity index (χ0) is 28.3. The molecule has 1 atom stereocenters. The third-order valence-corrected chi connectivity index (χ3v) is 6.47. The molecule has 38 heavy (non-hydrogen) atoms. The van der Waals surface area contributed by atoms with Crippen molar-refractivity contribution in [3.8, 4) is 0 Å². The average molecular weight is 539 g/mol. The Hall–Kier alpha value is -2.88. The number of aromatic nitrogens is 2. The number of hydrogen-bond acceptors (Lipinski definition) is 5. The van der Waals surface area contributed by atoms with E-state index in [-0.39, 0.29) is 37.8 Å². The zero-order valence-electron chi connectivity index (χ0n) is 22.9. The topological polar surface area (TPSA) is 78.5 Å². The number of carbonyl (C=O) groups excluding carboxylic acids is 1. The van der Waals surface area contributed by atoms with Crippen molar-refractivity contribution in [2.24, 2.45) is 5.92 Å². The molecule has 1 aromatic rings. The molecule has 1 aromatic heterocycles. The molecule has 2 heterocycles. The lowest BCUT2D eigenvalue weighted by atomic mass is 10.00. The number of ether oxygens (including phenoxy) is 1. The average Bonchev–Trinajstić information content (AvgIpc) is 3.19. The fraction of sp³-hybridized carbons (Fsp3) is 0.607. The minimum atomic E-state index is -4.85. The van der Waals surface area contributed by atoms with Gasteiger partial charge in [0.25, 0.3) is 5.56 Å². The highest BCUT2D eigenvalue weighted by Gasteiger charge is 2.42. The number of carbonyl (C=O) groups is 1. The molecule has 7 nitrogen and oxygen atoms in total. The number of anilines is 1. The number of alkyl halides is 3. The number of nitrogens with zero attached hydrogens (tertiary/aromatic N) is 3. The van der Waals surface area contributed by atoms with Gasteiger partial charge in [-0.3, -0.25) is 9.59 Å². The zero-order valence-corrected chi connectivity index (χ0v) is 22.9. The maximum absolute atomic E-state index is 13.9. The number of aromatic amines is 1. The van der Waals surface area contributed by atoms with E-state index in [1.165, 1.54) is 4.90 Å². The first kappa shape index (κ1) is 31.3. The number of halogens is 3. The SMILES string of the molecule is C=C/C=C\C1=C(CCC)C(COCCC(=O)N(CCC)CCC(C)C)N(c2cn[nH]c(=O)c2C(F)(F)F)C1. The van der Waals surface area contributed by atoms with Crippen LogP contribution in [0.4, 0.5) is 18.9 Å². The number of H-pyrrole nitrogens is 1. The van der Waals surface area contributed by atoms with E-state index in [1.54, 1.807) is 12.2 Å². The molecule has 0 aliphatic carbocycles. The molecule has 1 amide bonds. The predicted molar refractivity (Wildman–Crippen MR) is 144 cm³/mol. The Bertz CT molecular complexity index is 1050. The van der Waals surface area contributed by atoms with Gasteiger partial charge in [-0.15, -0.1) is 0 Å². The van der Waals surface area contributed by atoms with Crippen molar-refractivity contribution in [2.45, 2.75) is 72.0 Å². The molecule has 0 fully saturated rings. The molecule has 0 bridgehead atoms. The highest BCUT2D eigenvalue weighted by Crippen LogP contribution is 2.39. The second-order valence-electron chi connectivity index (χ2n) is 9.88. The van der Waals surface area contributed by atoms with Crippen LogP contribution in [0.1, 0.15) is 65.4 Å². The van der Waals surface area contributed by atoms with Gasteiger partial charge in [0.1, 0.15) is 5.56 Å². The van der Waals surface area contributed by atoms with Crippen molar-refractivity contribution in [1.82, 2.24) is 15.1 Å². The minimum Gasteiger partial charge on any atom is -0.378 e. The number of amides is 1. The van der Waals surface area contributed by atoms with E-state index in [4.69, 9.17) is 4.74 Å². The summed E-state index contributed by atoms with van der Waals surface area (Å²) in [6.45, 7) is 13.7. The van der Waals surface area contributed by atoms with Crippen molar-refractivity contribution in [3.05, 3.63) is 58.1 Å². The fourth-order valence-electron chi connectivity index (χ4n) is 4.62. The van der Waals surface area contributed by atoms with Crippen molar-refractivity contribution < 1.29 is 22.7 Å². The summed E-state index contributed by atoms with van der Waals surface area (Å²) in [5, 5.41) is 5.56. The van der Waals surface area contributed by atoms with Crippen LogP contribution >= 0.6 is 0 Å². The van der Waals surface area contributed by atoms with Crippen LogP contribution in [0.15, 0.2) is 46.9 Å². The quantitative estimate of drug-likeness (QED) is 0.235. The van der Waals surface area contributed by atoms with Crippen LogP contribution in [0, 0.1) is 5.92 Å². The Kier molecular flexibility index (Phi) is 12.3. The third-order valence-electron chi connectivity index (χ3n) is 6.47. The lowest BCUT2D eigenvalue weighted by molar-refractivity contribution is -0.138. The van der Waals surface area contributed by atoms with Gasteiger partial charge in [-0.2, -0.15) is 18.3 Å². The van der Waals surface area contributed by atoms with Crippen molar-refractivity contribution >= 4 is 11.6 Å². The summed E-state index contributed by atoms with van der Waals surface area (Å²) < 4.78 is 47.6. The molecule has 1 unspecified atom stereocenters. The number of hydrogen-bond donors (Lipinski definition) is 1. The van der Waals surface area contributed by atoms with Crippen molar-refractivity contribution in [3.63, 3.8) is 0 Å². The van der Waals surface area contributed by atoms with Gasteiger partial charge in [0.2, 0.25) is 5.91 Å². The summed E-state index contributed by atoms with van der Waals surface area (Å²) in [7, 11) is 0. The molecular weight excluding hydrogens is 497 g/mol. The Morgan fingerprint density at radius 2 is 2.05 bits per heavy atom. The number of allylic oxidation sites excluding steroid dienone is 2. The first-order chi connectivity index (χ1) is 18.0. The minimum absolute atomic E-state index is 0.00728. The standard InChI is InChI=1S/C28H41F3N4O3/c1-6-9-11-21-18-35(23-17-32-33-27(37)26(23)28(29,30)31)24(22(21)10-7-2)19-38-16-13-25(36)34(14-8-3)15-12-20(4)5/h6,9,11,17,20,24H,1,7-8,10,12-16,18-19H2,2-5H3,(H,33,37)/b11-9-. The molecule has 2 rings (SSSR count). The molecular formula is C28H41F3N4O3. The van der Waals surface area contributed by atoms with Crippen LogP contribution in [0.2, 0.25) is 0 Å². The van der Waals surface area contributed by atoms with Crippen LogP contribution in [-0.2, 0) is 15.7 Å². The molecule has 0 saturated heterocycles. The van der Waals surface area contributed by atoms with E-state index in [0.29, 0.717) is 25.4 Å². The molecule has 0 saturated carbocycles. The fourth-order valence-corrected chi connectivity index (χ4v) is 4.62. The summed E-state index contributed by atoms with van der Waals surface area (Å²) in [6.07, 6.45) is 4.78. The summed E-state index contributed by atoms with van der Waals surface area (Å²) in [4.78, 5) is 28.4. The normalized spacial score (nSPS) is 16.2. The van der Waals surface area contributed by atoms with Gasteiger partial charge in [-0.25, -0.2) is 5.10 Å². The Balaban J connectivity index is 2.27. The van der Waals surface area contributed by atoms with Crippen LogP contribution in [0.3, 0.4) is 0 Å². The largest absolute Gasteiger partial charge is 0.423 e. The van der Waals surface area contributed by atoms with E-state index in [0.717, 1.165) is 36.6 Å². The van der Waals surface area contributed by atoms with E-state index >= 15 is 0 Å². The summed E-state index contributed by atoms with van der Waals surface area (Å²) >= 11 is 0. The molecule has 1 aliphatic heterocycles. The van der Waals surface area contributed by atoms with Crippen LogP contribution in [0.5, 0.6) is 0 Å². The van der Waals surface area contributed by atoms with Gasteiger partial charge < -0.3 is 14.5 Å². The Morgan fingerprint density at radius 1 is 1.32 bits per heavy atom. The molecule has 212 valence electrons.